The molecule has 0 unspecified atom stereocenters. The number of hydrogen-bond donors (Lipinski definition) is 1. The third-order valence-electron chi connectivity index (χ3n) is 3.13. The summed E-state index contributed by atoms with van der Waals surface area (Å²) < 4.78 is 12.0. The Balaban J connectivity index is 1.89. The SMILES string of the molecule is Brc1cccnc1-c1nc2cc3c(cc2[nH]1)OCCO3. The van der Waals surface area contributed by atoms with Crippen LogP contribution in [-0.2, 0) is 0 Å². The van der Waals surface area contributed by atoms with E-state index in [2.05, 4.69) is 30.9 Å². The number of fused-ring (bicyclic) bond motifs is 2. The third-order valence-corrected chi connectivity index (χ3v) is 3.77. The van der Waals surface area contributed by atoms with Gasteiger partial charge in [0.2, 0.25) is 0 Å². The van der Waals surface area contributed by atoms with Gasteiger partial charge < -0.3 is 14.5 Å². The summed E-state index contributed by atoms with van der Waals surface area (Å²) in [5.41, 5.74) is 2.52. The highest BCUT2D eigenvalue weighted by Crippen LogP contribution is 2.35. The number of pyridine rings is 1. The molecule has 0 aliphatic carbocycles. The highest BCUT2D eigenvalue weighted by molar-refractivity contribution is 9.10. The molecule has 1 aliphatic rings. The first-order valence-electron chi connectivity index (χ1n) is 6.21. The van der Waals surface area contributed by atoms with E-state index in [0.29, 0.717) is 13.2 Å². The molecule has 1 aliphatic heterocycles. The van der Waals surface area contributed by atoms with Crippen molar-refractivity contribution in [2.75, 3.05) is 13.2 Å². The second-order valence-corrected chi connectivity index (χ2v) is 5.29. The van der Waals surface area contributed by atoms with E-state index in [1.807, 2.05) is 24.3 Å². The molecule has 0 saturated heterocycles. The van der Waals surface area contributed by atoms with Gasteiger partial charge in [0.05, 0.1) is 11.0 Å². The molecule has 6 heteroatoms. The molecule has 4 rings (SSSR count). The van der Waals surface area contributed by atoms with Crippen LogP contribution < -0.4 is 9.47 Å². The van der Waals surface area contributed by atoms with Crippen LogP contribution in [0.3, 0.4) is 0 Å². The van der Waals surface area contributed by atoms with Crippen molar-refractivity contribution in [2.45, 2.75) is 0 Å². The summed E-state index contributed by atoms with van der Waals surface area (Å²) >= 11 is 3.48. The van der Waals surface area contributed by atoms with Gasteiger partial charge in [0, 0.05) is 22.8 Å². The monoisotopic (exact) mass is 331 g/mol. The quantitative estimate of drug-likeness (QED) is 0.744. The third kappa shape index (κ3) is 1.84. The van der Waals surface area contributed by atoms with Crippen molar-refractivity contribution in [3.05, 3.63) is 34.9 Å². The molecular formula is C14H10BrN3O2. The van der Waals surface area contributed by atoms with E-state index in [0.717, 1.165) is 38.5 Å². The average Bonchev–Trinajstić information content (AvgIpc) is 2.87. The summed E-state index contributed by atoms with van der Waals surface area (Å²) in [5.74, 6) is 2.20. The fourth-order valence-corrected chi connectivity index (χ4v) is 2.66. The second-order valence-electron chi connectivity index (χ2n) is 4.43. The van der Waals surface area contributed by atoms with Crippen molar-refractivity contribution in [1.82, 2.24) is 15.0 Å². The van der Waals surface area contributed by atoms with Crippen LogP contribution in [0.2, 0.25) is 0 Å². The lowest BCUT2D eigenvalue weighted by Crippen LogP contribution is -2.15. The van der Waals surface area contributed by atoms with Gasteiger partial charge >= 0.3 is 0 Å². The Morgan fingerprint density at radius 1 is 1.15 bits per heavy atom. The summed E-state index contributed by atoms with van der Waals surface area (Å²) in [6.45, 7) is 1.15. The van der Waals surface area contributed by atoms with Crippen LogP contribution in [0.5, 0.6) is 11.5 Å². The Labute approximate surface area is 123 Å². The molecule has 100 valence electrons. The molecule has 0 bridgehead atoms. The second kappa shape index (κ2) is 4.49. The van der Waals surface area contributed by atoms with Crippen molar-refractivity contribution < 1.29 is 9.47 Å². The zero-order chi connectivity index (χ0) is 13.5. The lowest BCUT2D eigenvalue weighted by molar-refractivity contribution is 0.172. The van der Waals surface area contributed by atoms with E-state index in [4.69, 9.17) is 9.47 Å². The minimum atomic E-state index is 0.571. The molecule has 5 nitrogen and oxygen atoms in total. The molecular weight excluding hydrogens is 322 g/mol. The molecule has 0 amide bonds. The topological polar surface area (TPSA) is 60.0 Å². The van der Waals surface area contributed by atoms with Gasteiger partial charge in [-0.1, -0.05) is 0 Å². The molecule has 0 spiro atoms. The standard InChI is InChI=1S/C14H10BrN3O2/c15-8-2-1-3-16-13(8)14-17-9-6-11-12(7-10(9)18-14)20-5-4-19-11/h1-3,6-7H,4-5H2,(H,17,18). The maximum Gasteiger partial charge on any atom is 0.163 e. The van der Waals surface area contributed by atoms with E-state index < -0.39 is 0 Å². The summed E-state index contributed by atoms with van der Waals surface area (Å²) in [6.07, 6.45) is 1.74. The Bertz CT molecular complexity index is 757. The number of aromatic nitrogens is 3. The van der Waals surface area contributed by atoms with Crippen molar-refractivity contribution in [3.63, 3.8) is 0 Å². The van der Waals surface area contributed by atoms with Crippen LogP contribution in [-0.4, -0.2) is 28.2 Å². The Morgan fingerprint density at radius 3 is 2.75 bits per heavy atom. The van der Waals surface area contributed by atoms with Crippen LogP contribution in [0, 0.1) is 0 Å². The Morgan fingerprint density at radius 2 is 1.95 bits per heavy atom. The van der Waals surface area contributed by atoms with Gasteiger partial charge in [-0.3, -0.25) is 4.98 Å². The molecule has 0 radical (unpaired) electrons. The van der Waals surface area contributed by atoms with Crippen LogP contribution in [0.25, 0.3) is 22.6 Å². The number of nitrogens with zero attached hydrogens (tertiary/aromatic N) is 2. The van der Waals surface area contributed by atoms with Gasteiger partial charge in [-0.25, -0.2) is 4.98 Å². The maximum atomic E-state index is 5.57. The van der Waals surface area contributed by atoms with Crippen LogP contribution in [0.1, 0.15) is 0 Å². The van der Waals surface area contributed by atoms with Crippen LogP contribution in [0.15, 0.2) is 34.9 Å². The highest BCUT2D eigenvalue weighted by atomic mass is 79.9. The summed E-state index contributed by atoms with van der Waals surface area (Å²) in [5, 5.41) is 0. The highest BCUT2D eigenvalue weighted by Gasteiger charge is 2.16. The predicted octanol–water partition coefficient (Wildman–Crippen LogP) is 3.16. The first kappa shape index (κ1) is 11.7. The van der Waals surface area contributed by atoms with E-state index >= 15 is 0 Å². The fourth-order valence-electron chi connectivity index (χ4n) is 2.22. The number of nitrogens with one attached hydrogen (secondary N) is 1. The van der Waals surface area contributed by atoms with Crippen LogP contribution >= 0.6 is 15.9 Å². The number of ether oxygens (including phenoxy) is 2. The normalized spacial score (nSPS) is 13.7. The van der Waals surface area contributed by atoms with E-state index in [1.165, 1.54) is 0 Å². The van der Waals surface area contributed by atoms with Crippen LogP contribution in [0.4, 0.5) is 0 Å². The molecule has 0 saturated carbocycles. The Kier molecular flexibility index (Phi) is 2.63. The minimum Gasteiger partial charge on any atom is -0.486 e. The lowest BCUT2D eigenvalue weighted by atomic mass is 10.2. The number of benzene rings is 1. The van der Waals surface area contributed by atoms with Crippen molar-refractivity contribution in [1.29, 1.82) is 0 Å². The zero-order valence-corrected chi connectivity index (χ0v) is 12.0. The first-order chi connectivity index (χ1) is 9.81. The van der Waals surface area contributed by atoms with E-state index in [-0.39, 0.29) is 0 Å². The van der Waals surface area contributed by atoms with Gasteiger partial charge in [-0.15, -0.1) is 0 Å². The fraction of sp³-hybridized carbons (Fsp3) is 0.143. The summed E-state index contributed by atoms with van der Waals surface area (Å²) in [6, 6.07) is 7.61. The molecule has 20 heavy (non-hydrogen) atoms. The Hall–Kier alpha value is -2.08. The molecule has 2 aromatic heterocycles. The number of hydrogen-bond acceptors (Lipinski definition) is 4. The zero-order valence-electron chi connectivity index (χ0n) is 10.4. The first-order valence-corrected chi connectivity index (χ1v) is 7.01. The van der Waals surface area contributed by atoms with Gasteiger partial charge in [-0.05, 0) is 28.1 Å². The van der Waals surface area contributed by atoms with Gasteiger partial charge in [-0.2, -0.15) is 0 Å². The molecule has 0 fully saturated rings. The molecule has 1 aromatic carbocycles. The van der Waals surface area contributed by atoms with Crippen molar-refractivity contribution in [2.24, 2.45) is 0 Å². The van der Waals surface area contributed by atoms with E-state index in [9.17, 15) is 0 Å². The predicted molar refractivity (Wildman–Crippen MR) is 78.0 cm³/mol. The number of aromatic amines is 1. The van der Waals surface area contributed by atoms with Gasteiger partial charge in [0.15, 0.2) is 17.3 Å². The number of H-pyrrole nitrogens is 1. The average molecular weight is 332 g/mol. The van der Waals surface area contributed by atoms with Gasteiger partial charge in [0.1, 0.15) is 18.9 Å². The molecule has 3 aromatic rings. The number of imidazole rings is 1. The number of halogens is 1. The summed E-state index contributed by atoms with van der Waals surface area (Å²) in [7, 11) is 0. The molecule has 1 N–H and O–H groups in total. The maximum absolute atomic E-state index is 5.57. The van der Waals surface area contributed by atoms with Crippen molar-refractivity contribution >= 4 is 27.0 Å². The molecule has 3 heterocycles. The largest absolute Gasteiger partial charge is 0.486 e. The lowest BCUT2D eigenvalue weighted by Gasteiger charge is -2.17. The minimum absolute atomic E-state index is 0.571. The van der Waals surface area contributed by atoms with E-state index in [1.54, 1.807) is 6.20 Å². The summed E-state index contributed by atoms with van der Waals surface area (Å²) in [4.78, 5) is 12.2. The smallest absolute Gasteiger partial charge is 0.163 e. The number of rotatable bonds is 1. The van der Waals surface area contributed by atoms with Gasteiger partial charge in [0.25, 0.3) is 0 Å². The molecule has 0 atom stereocenters. The van der Waals surface area contributed by atoms with Crippen molar-refractivity contribution in [3.8, 4) is 23.0 Å².